The van der Waals surface area contributed by atoms with Crippen molar-refractivity contribution in [2.75, 3.05) is 39.8 Å². The minimum atomic E-state index is -0.268. The molecule has 1 saturated heterocycles. The molecule has 1 aliphatic heterocycles. The molecule has 5 saturated carbocycles. The zero-order chi connectivity index (χ0) is 21.8. The average molecular weight is 431 g/mol. The third-order valence-corrected chi connectivity index (χ3v) is 8.70. The number of hydrogen-bond acceptors (Lipinski definition) is 4. The highest BCUT2D eigenvalue weighted by Crippen LogP contribution is 2.60. The summed E-state index contributed by atoms with van der Waals surface area (Å²) in [6, 6.07) is 0.0449. The summed E-state index contributed by atoms with van der Waals surface area (Å²) >= 11 is 0. The van der Waals surface area contributed by atoms with E-state index in [2.05, 4.69) is 15.1 Å². The van der Waals surface area contributed by atoms with Crippen LogP contribution in [-0.4, -0.2) is 84.3 Å². The van der Waals surface area contributed by atoms with E-state index in [4.69, 9.17) is 0 Å². The molecule has 0 aromatic carbocycles. The minimum absolute atomic E-state index is 0.0215. The predicted molar refractivity (Wildman–Crippen MR) is 117 cm³/mol. The largest absolute Gasteiger partial charge is 0.352 e. The summed E-state index contributed by atoms with van der Waals surface area (Å²) in [5.41, 5.74) is -0.0759. The van der Waals surface area contributed by atoms with Crippen molar-refractivity contribution in [1.82, 2.24) is 20.0 Å². The van der Waals surface area contributed by atoms with E-state index in [-0.39, 0.29) is 29.8 Å². The van der Waals surface area contributed by atoms with Crippen molar-refractivity contribution >= 4 is 17.7 Å². The third kappa shape index (κ3) is 4.22. The molecule has 1 unspecified atom stereocenters. The van der Waals surface area contributed by atoms with Crippen LogP contribution in [0.3, 0.4) is 0 Å². The van der Waals surface area contributed by atoms with Crippen molar-refractivity contribution in [2.24, 2.45) is 23.2 Å². The van der Waals surface area contributed by atoms with Crippen molar-refractivity contribution in [3.05, 3.63) is 0 Å². The van der Waals surface area contributed by atoms with Crippen LogP contribution in [0.5, 0.6) is 0 Å². The summed E-state index contributed by atoms with van der Waals surface area (Å²) in [5, 5.41) is 2.94. The summed E-state index contributed by atoms with van der Waals surface area (Å²) in [5.74, 6) is 2.65. The van der Waals surface area contributed by atoms with Crippen LogP contribution in [0.15, 0.2) is 0 Å². The standard InChI is InChI=1S/C24H38N4O3/c1-16(22(30)26(2)15-21(29)25-20-3-4-20)27-5-7-28(8-6-27)23(31)24-12-17-9-18(13-24)11-19(10-17)14-24/h16-20H,3-15H2,1-2H3,(H,25,29). The van der Waals surface area contributed by atoms with Gasteiger partial charge in [0.25, 0.3) is 0 Å². The summed E-state index contributed by atoms with van der Waals surface area (Å²) in [7, 11) is 1.71. The van der Waals surface area contributed by atoms with E-state index in [1.807, 2.05) is 6.92 Å². The number of piperazine rings is 1. The Morgan fingerprint density at radius 3 is 2.03 bits per heavy atom. The first-order valence-electron chi connectivity index (χ1n) is 12.4. The van der Waals surface area contributed by atoms with Gasteiger partial charge in [-0.2, -0.15) is 0 Å². The molecule has 0 aromatic heterocycles. The van der Waals surface area contributed by atoms with Crippen molar-refractivity contribution in [3.63, 3.8) is 0 Å². The second-order valence-electron chi connectivity index (χ2n) is 11.2. The lowest BCUT2D eigenvalue weighted by Crippen LogP contribution is -2.60. The molecule has 0 radical (unpaired) electrons. The molecule has 6 aliphatic rings. The van der Waals surface area contributed by atoms with Gasteiger partial charge in [0.05, 0.1) is 18.0 Å². The Hall–Kier alpha value is -1.63. The smallest absolute Gasteiger partial charge is 0.239 e. The van der Waals surface area contributed by atoms with Gasteiger partial charge in [-0.15, -0.1) is 0 Å². The van der Waals surface area contributed by atoms with E-state index in [9.17, 15) is 14.4 Å². The maximum Gasteiger partial charge on any atom is 0.239 e. The van der Waals surface area contributed by atoms with Gasteiger partial charge >= 0.3 is 0 Å². The summed E-state index contributed by atoms with van der Waals surface area (Å²) in [6.45, 7) is 4.92. The maximum absolute atomic E-state index is 13.6. The maximum atomic E-state index is 13.6. The highest BCUT2D eigenvalue weighted by molar-refractivity contribution is 5.87. The van der Waals surface area contributed by atoms with E-state index in [1.54, 1.807) is 7.05 Å². The Bertz CT molecular complexity index is 706. The van der Waals surface area contributed by atoms with Crippen LogP contribution >= 0.6 is 0 Å². The number of carbonyl (C=O) groups is 3. The Labute approximate surface area is 185 Å². The van der Waals surface area contributed by atoms with E-state index >= 15 is 0 Å². The number of rotatable bonds is 6. The zero-order valence-corrected chi connectivity index (χ0v) is 19.1. The molecule has 0 spiro atoms. The first-order chi connectivity index (χ1) is 14.8. The normalized spacial score (nSPS) is 35.7. The molecule has 1 N–H and O–H groups in total. The average Bonchev–Trinajstić information content (AvgIpc) is 3.55. The highest BCUT2D eigenvalue weighted by Gasteiger charge is 2.55. The molecule has 0 aromatic rings. The van der Waals surface area contributed by atoms with Crippen LogP contribution in [0.25, 0.3) is 0 Å². The summed E-state index contributed by atoms with van der Waals surface area (Å²) < 4.78 is 0. The van der Waals surface area contributed by atoms with Gasteiger partial charge in [-0.3, -0.25) is 19.3 Å². The number of carbonyl (C=O) groups excluding carboxylic acids is 3. The lowest BCUT2D eigenvalue weighted by Gasteiger charge is -2.57. The highest BCUT2D eigenvalue weighted by atomic mass is 16.2. The molecule has 3 amide bonds. The zero-order valence-electron chi connectivity index (χ0n) is 19.1. The van der Waals surface area contributed by atoms with E-state index in [1.165, 1.54) is 24.2 Å². The van der Waals surface area contributed by atoms with Crippen LogP contribution in [-0.2, 0) is 14.4 Å². The van der Waals surface area contributed by atoms with Crippen molar-refractivity contribution in [3.8, 4) is 0 Å². The van der Waals surface area contributed by atoms with Gasteiger partial charge in [0.1, 0.15) is 0 Å². The fraction of sp³-hybridized carbons (Fsp3) is 0.875. The molecule has 1 atom stereocenters. The molecule has 7 nitrogen and oxygen atoms in total. The number of nitrogens with one attached hydrogen (secondary N) is 1. The van der Waals surface area contributed by atoms with Gasteiger partial charge in [0.15, 0.2) is 0 Å². The van der Waals surface area contributed by atoms with Crippen LogP contribution in [0.4, 0.5) is 0 Å². The number of nitrogens with zero attached hydrogens (tertiary/aromatic N) is 3. The lowest BCUT2D eigenvalue weighted by atomic mass is 9.49. The van der Waals surface area contributed by atoms with E-state index < -0.39 is 0 Å². The fourth-order valence-electron chi connectivity index (χ4n) is 7.29. The second kappa shape index (κ2) is 8.05. The van der Waals surface area contributed by atoms with Crippen molar-refractivity contribution in [2.45, 2.75) is 70.4 Å². The number of likely N-dealkylation sites (N-methyl/N-ethyl adjacent to an activating group) is 1. The van der Waals surface area contributed by atoms with Gasteiger partial charge in [0, 0.05) is 39.3 Å². The summed E-state index contributed by atoms with van der Waals surface area (Å²) in [4.78, 5) is 44.2. The Balaban J connectivity index is 1.12. The van der Waals surface area contributed by atoms with Crippen molar-refractivity contribution < 1.29 is 14.4 Å². The van der Waals surface area contributed by atoms with Crippen LogP contribution < -0.4 is 5.32 Å². The first kappa shape index (κ1) is 21.2. The molecule has 7 heteroatoms. The Morgan fingerprint density at radius 2 is 1.52 bits per heavy atom. The molecule has 6 fully saturated rings. The van der Waals surface area contributed by atoms with Crippen LogP contribution in [0.1, 0.15) is 58.3 Å². The fourth-order valence-corrected chi connectivity index (χ4v) is 7.29. The molecule has 6 rings (SSSR count). The quantitative estimate of drug-likeness (QED) is 0.693. The van der Waals surface area contributed by atoms with Crippen molar-refractivity contribution in [1.29, 1.82) is 0 Å². The molecular formula is C24H38N4O3. The lowest BCUT2D eigenvalue weighted by molar-refractivity contribution is -0.160. The molecule has 4 bridgehead atoms. The number of hydrogen-bond donors (Lipinski definition) is 1. The van der Waals surface area contributed by atoms with Crippen LogP contribution in [0.2, 0.25) is 0 Å². The monoisotopic (exact) mass is 430 g/mol. The van der Waals surface area contributed by atoms with Gasteiger partial charge < -0.3 is 15.1 Å². The van der Waals surface area contributed by atoms with Crippen LogP contribution in [0, 0.1) is 23.2 Å². The van der Waals surface area contributed by atoms with E-state index in [0.29, 0.717) is 25.0 Å². The van der Waals surface area contributed by atoms with E-state index in [0.717, 1.165) is 62.9 Å². The van der Waals surface area contributed by atoms with Gasteiger partial charge in [0.2, 0.25) is 17.7 Å². The number of amides is 3. The summed E-state index contributed by atoms with van der Waals surface area (Å²) in [6.07, 6.45) is 9.49. The van der Waals surface area contributed by atoms with Gasteiger partial charge in [-0.1, -0.05) is 0 Å². The second-order valence-corrected chi connectivity index (χ2v) is 11.2. The molecule has 1 heterocycles. The predicted octanol–water partition coefficient (Wildman–Crippen LogP) is 1.47. The van der Waals surface area contributed by atoms with Gasteiger partial charge in [-0.05, 0) is 76.0 Å². The SMILES string of the molecule is CC(C(=O)N(C)CC(=O)NC1CC1)N1CCN(C(=O)C23CC4CC(CC(C4)C2)C3)CC1. The molecular weight excluding hydrogens is 392 g/mol. The minimum Gasteiger partial charge on any atom is -0.352 e. The topological polar surface area (TPSA) is 73.0 Å². The molecule has 31 heavy (non-hydrogen) atoms. The molecule has 5 aliphatic carbocycles. The Kier molecular flexibility index (Phi) is 5.51. The van der Waals surface area contributed by atoms with Gasteiger partial charge in [-0.25, -0.2) is 0 Å². The third-order valence-electron chi connectivity index (χ3n) is 8.70. The Morgan fingerprint density at radius 1 is 0.968 bits per heavy atom. The molecule has 172 valence electrons. The first-order valence-corrected chi connectivity index (χ1v) is 12.4.